The highest BCUT2D eigenvalue weighted by Crippen LogP contribution is 2.43. The van der Waals surface area contributed by atoms with Crippen molar-refractivity contribution in [1.29, 1.82) is 0 Å². The molecule has 0 aliphatic rings. The first-order valence-electron chi connectivity index (χ1n) is 1.67. The van der Waals surface area contributed by atoms with E-state index in [0.29, 0.717) is 9.09 Å². The number of halogens is 3. The first-order valence-corrected chi connectivity index (χ1v) is 4.52. The van der Waals surface area contributed by atoms with E-state index in [2.05, 4.69) is 0 Å². The molecule has 5 heteroatoms. The van der Waals surface area contributed by atoms with E-state index >= 15 is 0 Å². The molecule has 1 aromatic rings. The Morgan fingerprint density at radius 2 is 1.88 bits per heavy atom. The SMILES string of the molecule is Clc1pc(Cl)c(Cl)s1. The Morgan fingerprint density at radius 1 is 1.25 bits per heavy atom. The van der Waals surface area contributed by atoms with Crippen molar-refractivity contribution in [2.75, 3.05) is 0 Å². The molecule has 8 heavy (non-hydrogen) atoms. The van der Waals surface area contributed by atoms with Crippen LogP contribution < -0.4 is 0 Å². The highest BCUT2D eigenvalue weighted by molar-refractivity contribution is 7.50. The molecule has 1 aromatic heterocycles. The fourth-order valence-corrected chi connectivity index (χ4v) is 3.51. The predicted octanol–water partition coefficient (Wildman–Crippen LogP) is 4.29. The van der Waals surface area contributed by atoms with Gasteiger partial charge in [0.1, 0.15) is 8.40 Å². The lowest BCUT2D eigenvalue weighted by atomic mass is 11.1. The lowest BCUT2D eigenvalue weighted by Crippen LogP contribution is -1.37. The molecule has 0 radical (unpaired) electrons. The Bertz CT molecular complexity index is 177. The summed E-state index contributed by atoms with van der Waals surface area (Å²) >= 11 is 18.0. The lowest BCUT2D eigenvalue weighted by Gasteiger charge is -1.72. The summed E-state index contributed by atoms with van der Waals surface area (Å²) in [6.45, 7) is 0. The summed E-state index contributed by atoms with van der Waals surface area (Å²) in [6.07, 6.45) is 0. The Hall–Kier alpha value is 1.000. The largest absolute Gasteiger partial charge is 0.123 e. The molecular weight excluding hydrogens is 205 g/mol. The van der Waals surface area contributed by atoms with Gasteiger partial charge in [0, 0.05) is 0 Å². The van der Waals surface area contributed by atoms with Gasteiger partial charge in [-0.2, -0.15) is 0 Å². The zero-order chi connectivity index (χ0) is 6.15. The molecule has 0 atom stereocenters. The van der Waals surface area contributed by atoms with E-state index in [1.807, 2.05) is 0 Å². The van der Waals surface area contributed by atoms with E-state index in [4.69, 9.17) is 34.8 Å². The van der Waals surface area contributed by atoms with Gasteiger partial charge in [0.2, 0.25) is 0 Å². The zero-order valence-corrected chi connectivity index (χ0v) is 7.47. The van der Waals surface area contributed by atoms with Crippen LogP contribution in [0.4, 0.5) is 0 Å². The maximum absolute atomic E-state index is 5.57. The second kappa shape index (κ2) is 2.72. The number of rotatable bonds is 0. The maximum Gasteiger partial charge on any atom is 0.123 e. The highest BCUT2D eigenvalue weighted by atomic mass is 35.5. The maximum atomic E-state index is 5.57. The van der Waals surface area contributed by atoms with Gasteiger partial charge in [0.15, 0.2) is 0 Å². The van der Waals surface area contributed by atoms with E-state index in [-0.39, 0.29) is 0 Å². The van der Waals surface area contributed by atoms with E-state index < -0.39 is 0 Å². The van der Waals surface area contributed by atoms with Crippen LogP contribution in [0.3, 0.4) is 0 Å². The van der Waals surface area contributed by atoms with Gasteiger partial charge in [0.05, 0.1) is 4.75 Å². The van der Waals surface area contributed by atoms with E-state index in [1.165, 1.54) is 11.3 Å². The van der Waals surface area contributed by atoms with Crippen LogP contribution in [0, 0.1) is 0 Å². The third-order valence-electron chi connectivity index (χ3n) is 0.522. The Morgan fingerprint density at radius 3 is 2.00 bits per heavy atom. The summed E-state index contributed by atoms with van der Waals surface area (Å²) in [4.78, 5) is 0. The van der Waals surface area contributed by atoms with Crippen molar-refractivity contribution in [3.8, 4) is 0 Å². The van der Waals surface area contributed by atoms with Gasteiger partial charge in [-0.25, -0.2) is 0 Å². The Labute approximate surface area is 67.5 Å². The molecule has 0 fully saturated rings. The molecule has 0 saturated carbocycles. The molecule has 0 amide bonds. The van der Waals surface area contributed by atoms with Gasteiger partial charge in [-0.05, 0) is 8.19 Å². The normalized spacial score (nSPS) is 10.9. The summed E-state index contributed by atoms with van der Waals surface area (Å²) in [5.74, 6) is 0. The average molecular weight is 205 g/mol. The third kappa shape index (κ3) is 1.49. The molecule has 0 spiro atoms. The minimum atomic E-state index is 0.596. The topological polar surface area (TPSA) is 0 Å². The van der Waals surface area contributed by atoms with Crippen LogP contribution in [0.5, 0.6) is 0 Å². The molecule has 0 nitrogen and oxygen atoms in total. The van der Waals surface area contributed by atoms with Crippen molar-refractivity contribution < 1.29 is 0 Å². The highest BCUT2D eigenvalue weighted by Gasteiger charge is 2.01. The predicted molar refractivity (Wildman–Crippen MR) is 41.9 cm³/mol. The van der Waals surface area contributed by atoms with Crippen LogP contribution in [0.25, 0.3) is 0 Å². The Balaban J connectivity index is 3.14. The first kappa shape index (κ1) is 7.11. The summed E-state index contributed by atoms with van der Waals surface area (Å²) in [5, 5.41) is 0. The Kier molecular flexibility index (Phi) is 2.42. The summed E-state index contributed by atoms with van der Waals surface area (Å²) in [7, 11) is 0.841. The van der Waals surface area contributed by atoms with Crippen molar-refractivity contribution in [2.24, 2.45) is 0 Å². The van der Waals surface area contributed by atoms with Gasteiger partial charge in [-0.15, -0.1) is 11.3 Å². The minimum absolute atomic E-state index is 0.596. The fourth-order valence-electron chi connectivity index (χ4n) is 0.260. The van der Waals surface area contributed by atoms with Gasteiger partial charge < -0.3 is 0 Å². The van der Waals surface area contributed by atoms with Crippen molar-refractivity contribution in [3.63, 3.8) is 0 Å². The van der Waals surface area contributed by atoms with E-state index in [0.717, 1.165) is 12.3 Å². The second-order valence-corrected chi connectivity index (χ2v) is 5.58. The average Bonchev–Trinajstić information content (AvgIpc) is 1.85. The van der Waals surface area contributed by atoms with Crippen LogP contribution in [0.2, 0.25) is 13.2 Å². The van der Waals surface area contributed by atoms with E-state index in [9.17, 15) is 0 Å². The molecule has 0 aromatic carbocycles. The molecule has 0 aliphatic carbocycles. The summed E-state index contributed by atoms with van der Waals surface area (Å²) in [5.41, 5.74) is 0. The van der Waals surface area contributed by atoms with Crippen LogP contribution >= 0.6 is 54.3 Å². The summed E-state index contributed by atoms with van der Waals surface area (Å²) < 4.78 is 1.94. The lowest BCUT2D eigenvalue weighted by molar-refractivity contribution is 2.32. The molecule has 0 aliphatic heterocycles. The molecule has 44 valence electrons. The molecule has 0 unspecified atom stereocenters. The van der Waals surface area contributed by atoms with Crippen molar-refractivity contribution >= 4 is 54.3 Å². The van der Waals surface area contributed by atoms with Gasteiger partial charge in [-0.3, -0.25) is 0 Å². The van der Waals surface area contributed by atoms with Crippen LogP contribution in [-0.2, 0) is 0 Å². The van der Waals surface area contributed by atoms with Crippen molar-refractivity contribution in [2.45, 2.75) is 0 Å². The van der Waals surface area contributed by atoms with Gasteiger partial charge >= 0.3 is 0 Å². The van der Waals surface area contributed by atoms with E-state index in [1.54, 1.807) is 0 Å². The molecule has 1 rings (SSSR count). The van der Waals surface area contributed by atoms with Gasteiger partial charge in [0.25, 0.3) is 0 Å². The number of hydrogen-bond donors (Lipinski definition) is 0. The fraction of sp³-hybridized carbons (Fsp3) is 0. The third-order valence-corrected chi connectivity index (χ3v) is 4.06. The first-order chi connectivity index (χ1) is 3.70. The quantitative estimate of drug-likeness (QED) is 0.593. The summed E-state index contributed by atoms with van der Waals surface area (Å²) in [6, 6.07) is 0. The minimum Gasteiger partial charge on any atom is -0.105 e. The number of hydrogen-bond acceptors (Lipinski definition) is 1. The second-order valence-electron chi connectivity index (χ2n) is 1.03. The standard InChI is InChI=1S/C3Cl3PS/c4-1-2(5)8-3(6)7-1. The monoisotopic (exact) mass is 204 g/mol. The zero-order valence-electron chi connectivity index (χ0n) is 3.49. The van der Waals surface area contributed by atoms with Crippen molar-refractivity contribution in [1.82, 2.24) is 0 Å². The van der Waals surface area contributed by atoms with Gasteiger partial charge in [-0.1, -0.05) is 34.8 Å². The molecule has 0 saturated heterocycles. The van der Waals surface area contributed by atoms with Crippen LogP contribution in [0.15, 0.2) is 0 Å². The molecule has 1 heterocycles. The van der Waals surface area contributed by atoms with Crippen LogP contribution in [0.1, 0.15) is 0 Å². The van der Waals surface area contributed by atoms with Crippen LogP contribution in [-0.4, -0.2) is 0 Å². The molecule has 0 bridgehead atoms. The molecular formula is C3Cl3PS. The van der Waals surface area contributed by atoms with Crippen molar-refractivity contribution in [3.05, 3.63) is 13.2 Å². The molecule has 0 N–H and O–H groups in total. The smallest absolute Gasteiger partial charge is 0.105 e.